The molecule has 0 spiro atoms. The topological polar surface area (TPSA) is 46.5 Å². The maximum Gasteiger partial charge on any atom is 0.328 e. The Hall–Kier alpha value is 0.150. The molecule has 0 bridgehead atoms. The Labute approximate surface area is 74.7 Å². The molecule has 74 valence electrons. The van der Waals surface area contributed by atoms with Crippen LogP contribution in [0, 0.1) is 5.41 Å². The van der Waals surface area contributed by atoms with Gasteiger partial charge in [-0.05, 0) is 11.8 Å². The van der Waals surface area contributed by atoms with Crippen LogP contribution in [0.15, 0.2) is 0 Å². The molecule has 0 fully saturated rings. The summed E-state index contributed by atoms with van der Waals surface area (Å²) >= 11 is 0. The maximum atomic E-state index is 11.2. The number of rotatable bonds is 4. The third-order valence-corrected chi connectivity index (χ3v) is 2.75. The van der Waals surface area contributed by atoms with Crippen molar-refractivity contribution in [2.75, 3.05) is 12.8 Å². The summed E-state index contributed by atoms with van der Waals surface area (Å²) in [6, 6.07) is 0. The van der Waals surface area contributed by atoms with Gasteiger partial charge < -0.3 is 9.42 Å². The standard InChI is InChI=1S/C8H19O3P/c1-5-6-12(9,10)11-7-8(2,3)4/h5-7H2,1-4H3,(H,9,10). The highest BCUT2D eigenvalue weighted by atomic mass is 31.2. The fourth-order valence-electron chi connectivity index (χ4n) is 0.642. The molecular weight excluding hydrogens is 175 g/mol. The van der Waals surface area contributed by atoms with E-state index in [1.807, 2.05) is 27.7 Å². The largest absolute Gasteiger partial charge is 0.328 e. The van der Waals surface area contributed by atoms with Crippen molar-refractivity contribution < 1.29 is 14.0 Å². The number of hydrogen-bond donors (Lipinski definition) is 1. The minimum absolute atomic E-state index is 0.0495. The zero-order valence-corrected chi connectivity index (χ0v) is 9.23. The highest BCUT2D eigenvalue weighted by molar-refractivity contribution is 7.52. The van der Waals surface area contributed by atoms with Gasteiger partial charge in [-0.2, -0.15) is 0 Å². The fraction of sp³-hybridized carbons (Fsp3) is 1.00. The summed E-state index contributed by atoms with van der Waals surface area (Å²) in [7, 11) is -3.29. The van der Waals surface area contributed by atoms with E-state index < -0.39 is 7.60 Å². The second-order valence-electron chi connectivity index (χ2n) is 4.20. The van der Waals surface area contributed by atoms with E-state index in [4.69, 9.17) is 4.52 Å². The predicted molar refractivity (Wildman–Crippen MR) is 50.4 cm³/mol. The van der Waals surface area contributed by atoms with E-state index in [1.54, 1.807) is 0 Å². The molecule has 3 nitrogen and oxygen atoms in total. The minimum atomic E-state index is -3.29. The van der Waals surface area contributed by atoms with Gasteiger partial charge in [-0.15, -0.1) is 0 Å². The normalized spacial score (nSPS) is 17.4. The van der Waals surface area contributed by atoms with Crippen molar-refractivity contribution in [2.24, 2.45) is 5.41 Å². The molecule has 0 aliphatic rings. The first kappa shape index (κ1) is 12.2. The van der Waals surface area contributed by atoms with Crippen molar-refractivity contribution in [3.05, 3.63) is 0 Å². The van der Waals surface area contributed by atoms with Crippen LogP contribution < -0.4 is 0 Å². The molecule has 1 atom stereocenters. The first-order valence-corrected chi connectivity index (χ1v) is 5.99. The Bertz CT molecular complexity index is 172. The molecule has 0 aliphatic heterocycles. The molecule has 1 unspecified atom stereocenters. The molecule has 0 aliphatic carbocycles. The molecular formula is C8H19O3P. The van der Waals surface area contributed by atoms with E-state index in [1.165, 1.54) is 0 Å². The molecule has 0 amide bonds. The first-order valence-electron chi connectivity index (χ1n) is 4.23. The second kappa shape index (κ2) is 4.40. The molecule has 0 rings (SSSR count). The van der Waals surface area contributed by atoms with Crippen LogP contribution in [0.5, 0.6) is 0 Å². The van der Waals surface area contributed by atoms with Gasteiger partial charge in [0.15, 0.2) is 0 Å². The Balaban J connectivity index is 3.84. The lowest BCUT2D eigenvalue weighted by atomic mass is 9.99. The van der Waals surface area contributed by atoms with Crippen molar-refractivity contribution >= 4 is 7.60 Å². The van der Waals surface area contributed by atoms with Gasteiger partial charge in [0.05, 0.1) is 6.61 Å². The van der Waals surface area contributed by atoms with Crippen molar-refractivity contribution in [3.63, 3.8) is 0 Å². The van der Waals surface area contributed by atoms with Gasteiger partial charge in [-0.25, -0.2) is 0 Å². The zero-order chi connectivity index (χ0) is 9.83. The van der Waals surface area contributed by atoms with Crippen molar-refractivity contribution in [1.29, 1.82) is 0 Å². The molecule has 0 radical (unpaired) electrons. The molecule has 0 saturated heterocycles. The van der Waals surface area contributed by atoms with Crippen LogP contribution in [0.2, 0.25) is 0 Å². The highest BCUT2D eigenvalue weighted by Gasteiger charge is 2.21. The van der Waals surface area contributed by atoms with Crippen LogP contribution >= 0.6 is 7.60 Å². The van der Waals surface area contributed by atoms with Crippen LogP contribution in [0.3, 0.4) is 0 Å². The molecule has 0 aromatic heterocycles. The van der Waals surface area contributed by atoms with Gasteiger partial charge in [-0.1, -0.05) is 27.7 Å². The monoisotopic (exact) mass is 194 g/mol. The van der Waals surface area contributed by atoms with Crippen LogP contribution in [0.1, 0.15) is 34.1 Å². The lowest BCUT2D eigenvalue weighted by Gasteiger charge is -2.20. The predicted octanol–water partition coefficient (Wildman–Crippen LogP) is 2.64. The average molecular weight is 194 g/mol. The molecule has 12 heavy (non-hydrogen) atoms. The lowest BCUT2D eigenvalue weighted by molar-refractivity contribution is 0.174. The van der Waals surface area contributed by atoms with E-state index in [0.717, 1.165) is 0 Å². The Morgan fingerprint density at radius 3 is 2.25 bits per heavy atom. The molecule has 1 N–H and O–H groups in total. The van der Waals surface area contributed by atoms with Crippen LogP contribution in [-0.4, -0.2) is 17.7 Å². The SMILES string of the molecule is CCCP(=O)(O)OCC(C)(C)C. The summed E-state index contributed by atoms with van der Waals surface area (Å²) < 4.78 is 16.1. The maximum absolute atomic E-state index is 11.2. The summed E-state index contributed by atoms with van der Waals surface area (Å²) in [5, 5.41) is 0. The van der Waals surface area contributed by atoms with Crippen LogP contribution in [-0.2, 0) is 9.09 Å². The Morgan fingerprint density at radius 1 is 1.42 bits per heavy atom. The highest BCUT2D eigenvalue weighted by Crippen LogP contribution is 2.43. The minimum Gasteiger partial charge on any atom is -0.324 e. The third kappa shape index (κ3) is 6.84. The molecule has 0 saturated carbocycles. The summed E-state index contributed by atoms with van der Waals surface area (Å²) in [6.45, 7) is 8.11. The lowest BCUT2D eigenvalue weighted by Crippen LogP contribution is -2.14. The van der Waals surface area contributed by atoms with Crippen molar-refractivity contribution in [2.45, 2.75) is 34.1 Å². The van der Waals surface area contributed by atoms with Gasteiger partial charge in [0.1, 0.15) is 0 Å². The molecule has 0 aromatic carbocycles. The van der Waals surface area contributed by atoms with Crippen molar-refractivity contribution in [3.8, 4) is 0 Å². The van der Waals surface area contributed by atoms with Gasteiger partial charge >= 0.3 is 7.60 Å². The quantitative estimate of drug-likeness (QED) is 0.700. The van der Waals surface area contributed by atoms with Gasteiger partial charge in [0, 0.05) is 6.16 Å². The van der Waals surface area contributed by atoms with Gasteiger partial charge in [0.2, 0.25) is 0 Å². The molecule has 0 heterocycles. The second-order valence-corrected chi connectivity index (χ2v) is 6.18. The van der Waals surface area contributed by atoms with Gasteiger partial charge in [-0.3, -0.25) is 4.57 Å². The Kier molecular flexibility index (Phi) is 4.46. The molecule has 0 aromatic rings. The molecule has 4 heteroatoms. The number of hydrogen-bond acceptors (Lipinski definition) is 2. The summed E-state index contributed by atoms with van der Waals surface area (Å²) in [6.07, 6.45) is 0.932. The Morgan fingerprint density at radius 2 is 1.92 bits per heavy atom. The van der Waals surface area contributed by atoms with E-state index in [9.17, 15) is 9.46 Å². The summed E-state index contributed by atoms with van der Waals surface area (Å²) in [5.41, 5.74) is -0.0495. The summed E-state index contributed by atoms with van der Waals surface area (Å²) in [5.74, 6) is 0. The van der Waals surface area contributed by atoms with Gasteiger partial charge in [0.25, 0.3) is 0 Å². The fourth-order valence-corrected chi connectivity index (χ4v) is 1.92. The smallest absolute Gasteiger partial charge is 0.324 e. The zero-order valence-electron chi connectivity index (χ0n) is 8.33. The van der Waals surface area contributed by atoms with E-state index in [0.29, 0.717) is 13.0 Å². The van der Waals surface area contributed by atoms with Crippen LogP contribution in [0.4, 0.5) is 0 Å². The summed E-state index contributed by atoms with van der Waals surface area (Å²) in [4.78, 5) is 9.21. The van der Waals surface area contributed by atoms with E-state index in [2.05, 4.69) is 0 Å². The van der Waals surface area contributed by atoms with Crippen molar-refractivity contribution in [1.82, 2.24) is 0 Å². The van der Waals surface area contributed by atoms with E-state index in [-0.39, 0.29) is 11.6 Å². The third-order valence-electron chi connectivity index (χ3n) is 1.21. The average Bonchev–Trinajstić information content (AvgIpc) is 1.83. The van der Waals surface area contributed by atoms with Crippen LogP contribution in [0.25, 0.3) is 0 Å². The van der Waals surface area contributed by atoms with E-state index >= 15 is 0 Å². The first-order chi connectivity index (χ1) is 5.27.